The molecule has 5 nitrogen and oxygen atoms in total. The first-order valence-electron chi connectivity index (χ1n) is 8.75. The zero-order valence-corrected chi connectivity index (χ0v) is 16.8. The van der Waals surface area contributed by atoms with Gasteiger partial charge in [-0.25, -0.2) is 12.8 Å². The number of nitrogens with zero attached hydrogens (tertiary/aromatic N) is 1. The van der Waals surface area contributed by atoms with E-state index in [4.69, 9.17) is 0 Å². The summed E-state index contributed by atoms with van der Waals surface area (Å²) in [6.45, 7) is 5.40. The van der Waals surface area contributed by atoms with Gasteiger partial charge in [-0.3, -0.25) is 9.10 Å². The molecule has 0 saturated heterocycles. The maximum absolute atomic E-state index is 13.1. The van der Waals surface area contributed by atoms with Gasteiger partial charge in [0.2, 0.25) is 15.9 Å². The van der Waals surface area contributed by atoms with Crippen LogP contribution in [0.5, 0.6) is 0 Å². The van der Waals surface area contributed by atoms with Crippen molar-refractivity contribution in [2.24, 2.45) is 0 Å². The highest BCUT2D eigenvalue weighted by Gasteiger charge is 2.32. The van der Waals surface area contributed by atoms with Gasteiger partial charge >= 0.3 is 0 Å². The van der Waals surface area contributed by atoms with Crippen LogP contribution in [0.4, 0.5) is 10.1 Å². The van der Waals surface area contributed by atoms with Crippen molar-refractivity contribution in [2.75, 3.05) is 10.6 Å². The Morgan fingerprint density at radius 3 is 2.33 bits per heavy atom. The number of aryl methyl sites for hydroxylation is 1. The van der Waals surface area contributed by atoms with Crippen molar-refractivity contribution in [1.82, 2.24) is 5.32 Å². The van der Waals surface area contributed by atoms with Crippen LogP contribution in [0.1, 0.15) is 37.4 Å². The molecule has 1 amide bonds. The fraction of sp³-hybridized carbons (Fsp3) is 0.350. The van der Waals surface area contributed by atoms with Gasteiger partial charge in [0.25, 0.3) is 0 Å². The van der Waals surface area contributed by atoms with Crippen LogP contribution in [0, 0.1) is 12.7 Å². The first-order chi connectivity index (χ1) is 12.6. The lowest BCUT2D eigenvalue weighted by Crippen LogP contribution is -2.49. The number of anilines is 1. The van der Waals surface area contributed by atoms with Crippen LogP contribution in [0.25, 0.3) is 0 Å². The Morgan fingerprint density at radius 1 is 1.19 bits per heavy atom. The lowest BCUT2D eigenvalue weighted by molar-refractivity contribution is -0.122. The van der Waals surface area contributed by atoms with E-state index in [1.165, 1.54) is 12.1 Å². The van der Waals surface area contributed by atoms with E-state index in [9.17, 15) is 17.6 Å². The Morgan fingerprint density at radius 2 is 1.81 bits per heavy atom. The van der Waals surface area contributed by atoms with Crippen molar-refractivity contribution < 1.29 is 17.6 Å². The van der Waals surface area contributed by atoms with Crippen LogP contribution in [-0.4, -0.2) is 26.6 Å². The average Bonchev–Trinajstić information content (AvgIpc) is 2.58. The quantitative estimate of drug-likeness (QED) is 0.784. The molecule has 7 heteroatoms. The van der Waals surface area contributed by atoms with Crippen molar-refractivity contribution in [3.63, 3.8) is 0 Å². The molecule has 146 valence electrons. The molecule has 2 aromatic carbocycles. The summed E-state index contributed by atoms with van der Waals surface area (Å²) in [5.74, 6) is -0.757. The molecule has 2 rings (SSSR count). The minimum atomic E-state index is -3.67. The highest BCUT2D eigenvalue weighted by molar-refractivity contribution is 7.92. The summed E-state index contributed by atoms with van der Waals surface area (Å²) >= 11 is 0. The number of sulfonamides is 1. The molecule has 0 heterocycles. The van der Waals surface area contributed by atoms with Crippen molar-refractivity contribution in [3.8, 4) is 0 Å². The molecule has 0 radical (unpaired) electrons. The average molecular weight is 392 g/mol. The van der Waals surface area contributed by atoms with Crippen LogP contribution < -0.4 is 9.62 Å². The molecule has 0 spiro atoms. The van der Waals surface area contributed by atoms with E-state index in [0.29, 0.717) is 12.1 Å². The number of benzene rings is 2. The highest BCUT2D eigenvalue weighted by Crippen LogP contribution is 2.24. The number of carbonyl (C=O) groups excluding carboxylic acids is 1. The Balaban J connectivity index is 2.30. The highest BCUT2D eigenvalue weighted by atomic mass is 32.2. The lowest BCUT2D eigenvalue weighted by atomic mass is 10.1. The molecule has 0 unspecified atom stereocenters. The molecule has 0 aromatic heterocycles. The Kier molecular flexibility index (Phi) is 6.59. The van der Waals surface area contributed by atoms with E-state index >= 15 is 0 Å². The largest absolute Gasteiger partial charge is 0.348 e. The van der Waals surface area contributed by atoms with Gasteiger partial charge < -0.3 is 5.32 Å². The third-order valence-corrected chi connectivity index (χ3v) is 5.49. The zero-order valence-electron chi connectivity index (χ0n) is 15.9. The molecule has 0 saturated carbocycles. The molecule has 0 aliphatic heterocycles. The van der Waals surface area contributed by atoms with Gasteiger partial charge in [-0.2, -0.15) is 0 Å². The van der Waals surface area contributed by atoms with Gasteiger partial charge in [0.1, 0.15) is 11.9 Å². The SMILES string of the molecule is CC[C@@H](C(=O)N[C@@H](C)c1ccc(F)cc1)N(c1cccc(C)c1)S(C)(=O)=O. The monoisotopic (exact) mass is 392 g/mol. The molecular formula is C20H25FN2O3S. The minimum Gasteiger partial charge on any atom is -0.348 e. The molecule has 0 aliphatic carbocycles. The molecular weight excluding hydrogens is 367 g/mol. The van der Waals surface area contributed by atoms with Crippen molar-refractivity contribution in [1.29, 1.82) is 0 Å². The first-order valence-corrected chi connectivity index (χ1v) is 10.6. The van der Waals surface area contributed by atoms with E-state index in [1.807, 2.05) is 13.0 Å². The van der Waals surface area contributed by atoms with Gasteiger partial charge in [-0.1, -0.05) is 31.2 Å². The summed E-state index contributed by atoms with van der Waals surface area (Å²) in [5.41, 5.74) is 2.09. The molecule has 1 N–H and O–H groups in total. The number of amides is 1. The number of rotatable bonds is 7. The Labute approximate surface area is 160 Å². The normalized spacial score (nSPS) is 13.7. The van der Waals surface area contributed by atoms with E-state index in [1.54, 1.807) is 44.2 Å². The smallest absolute Gasteiger partial charge is 0.244 e. The topological polar surface area (TPSA) is 66.5 Å². The second-order valence-electron chi connectivity index (χ2n) is 6.60. The molecule has 2 aromatic rings. The van der Waals surface area contributed by atoms with E-state index in [2.05, 4.69) is 5.32 Å². The number of hydrogen-bond donors (Lipinski definition) is 1. The number of halogens is 1. The van der Waals surface area contributed by atoms with E-state index in [0.717, 1.165) is 21.7 Å². The zero-order chi connectivity index (χ0) is 20.2. The van der Waals surface area contributed by atoms with E-state index < -0.39 is 22.0 Å². The van der Waals surface area contributed by atoms with Crippen molar-refractivity contribution in [2.45, 2.75) is 39.3 Å². The second kappa shape index (κ2) is 8.52. The minimum absolute atomic E-state index is 0.309. The van der Waals surface area contributed by atoms with Gasteiger partial charge in [0.05, 0.1) is 18.0 Å². The maximum atomic E-state index is 13.1. The van der Waals surface area contributed by atoms with Gasteiger partial charge in [-0.15, -0.1) is 0 Å². The fourth-order valence-corrected chi connectivity index (χ4v) is 4.17. The Bertz CT molecular complexity index is 898. The summed E-state index contributed by atoms with van der Waals surface area (Å²) in [5, 5.41) is 2.84. The number of hydrogen-bond acceptors (Lipinski definition) is 3. The summed E-state index contributed by atoms with van der Waals surface area (Å²) in [7, 11) is -3.67. The van der Waals surface area contributed by atoms with Crippen LogP contribution in [0.15, 0.2) is 48.5 Å². The molecule has 0 bridgehead atoms. The van der Waals surface area contributed by atoms with Crippen molar-refractivity contribution >= 4 is 21.6 Å². The summed E-state index contributed by atoms with van der Waals surface area (Å²) in [6.07, 6.45) is 1.40. The van der Waals surface area contributed by atoms with Gasteiger partial charge in [0, 0.05) is 0 Å². The van der Waals surface area contributed by atoms with Crippen LogP contribution in [0.2, 0.25) is 0 Å². The lowest BCUT2D eigenvalue weighted by Gasteiger charge is -2.31. The summed E-state index contributed by atoms with van der Waals surface area (Å²) in [6, 6.07) is 11.6. The fourth-order valence-electron chi connectivity index (χ4n) is 2.97. The predicted molar refractivity (Wildman–Crippen MR) is 106 cm³/mol. The molecule has 27 heavy (non-hydrogen) atoms. The van der Waals surface area contributed by atoms with E-state index in [-0.39, 0.29) is 11.9 Å². The van der Waals surface area contributed by atoms with Crippen molar-refractivity contribution in [3.05, 3.63) is 65.5 Å². The molecule has 0 aliphatic rings. The molecule has 2 atom stereocenters. The number of nitrogens with one attached hydrogen (secondary N) is 1. The third-order valence-electron chi connectivity index (χ3n) is 4.31. The molecule has 0 fully saturated rings. The summed E-state index contributed by atoms with van der Waals surface area (Å²) < 4.78 is 39.1. The van der Waals surface area contributed by atoms with Gasteiger partial charge in [0.15, 0.2) is 0 Å². The van der Waals surface area contributed by atoms with Crippen LogP contribution >= 0.6 is 0 Å². The Hall–Kier alpha value is -2.41. The number of carbonyl (C=O) groups is 1. The third kappa shape index (κ3) is 5.29. The standard InChI is InChI=1S/C20H25FN2O3S/c1-5-19(20(24)22-15(3)16-9-11-17(21)12-10-16)23(27(4,25)26)18-8-6-7-14(2)13-18/h6-13,15,19H,5H2,1-4H3,(H,22,24)/t15-,19-/m0/s1. The summed E-state index contributed by atoms with van der Waals surface area (Å²) in [4.78, 5) is 12.9. The maximum Gasteiger partial charge on any atom is 0.244 e. The second-order valence-corrected chi connectivity index (χ2v) is 8.46. The first kappa shape index (κ1) is 20.9. The van der Waals surface area contributed by atoms with Gasteiger partial charge in [-0.05, 0) is 55.7 Å². The predicted octanol–water partition coefficient (Wildman–Crippen LogP) is 3.56. The van der Waals surface area contributed by atoms with Crippen LogP contribution in [0.3, 0.4) is 0 Å². The van der Waals surface area contributed by atoms with Crippen LogP contribution in [-0.2, 0) is 14.8 Å².